The number of amides is 1. The van der Waals surface area contributed by atoms with E-state index in [2.05, 4.69) is 44.4 Å². The number of carbonyl (C=O) groups is 1. The molecule has 1 heterocycles. The molecule has 0 aliphatic heterocycles. The van der Waals surface area contributed by atoms with Crippen LogP contribution in [0.15, 0.2) is 36.0 Å². The van der Waals surface area contributed by atoms with Gasteiger partial charge >= 0.3 is 6.09 Å². The Hall–Kier alpha value is -1.82. The van der Waals surface area contributed by atoms with Gasteiger partial charge in [-0.25, -0.2) is 9.78 Å². The lowest BCUT2D eigenvalue weighted by Crippen LogP contribution is -2.39. The molecule has 1 aliphatic carbocycles. The van der Waals surface area contributed by atoms with Crippen LogP contribution in [0.3, 0.4) is 0 Å². The molecule has 5 nitrogen and oxygen atoms in total. The Labute approximate surface area is 145 Å². The van der Waals surface area contributed by atoms with E-state index in [1.54, 1.807) is 6.20 Å². The first-order valence-corrected chi connectivity index (χ1v) is 8.19. The molecular formula is C17H22BrN3O2. The van der Waals surface area contributed by atoms with Gasteiger partial charge in [0.2, 0.25) is 0 Å². The molecule has 2 rings (SSSR count). The molecule has 1 fully saturated rings. The van der Waals surface area contributed by atoms with Crippen molar-refractivity contribution in [2.24, 2.45) is 0 Å². The Bertz CT molecular complexity index is 664. The molecule has 0 saturated heterocycles. The predicted octanol–water partition coefficient (Wildman–Crippen LogP) is 4.40. The van der Waals surface area contributed by atoms with Gasteiger partial charge < -0.3 is 15.0 Å². The van der Waals surface area contributed by atoms with Crippen molar-refractivity contribution in [3.05, 3.63) is 47.5 Å². The van der Waals surface area contributed by atoms with Gasteiger partial charge in [-0.15, -0.1) is 0 Å². The van der Waals surface area contributed by atoms with Crippen LogP contribution in [0.25, 0.3) is 5.57 Å². The molecule has 0 atom stereocenters. The number of aromatic nitrogens is 2. The molecule has 23 heavy (non-hydrogen) atoms. The molecule has 0 bridgehead atoms. The molecule has 1 amide bonds. The van der Waals surface area contributed by atoms with Gasteiger partial charge in [0.05, 0.1) is 11.9 Å². The Morgan fingerprint density at radius 3 is 2.61 bits per heavy atom. The monoisotopic (exact) mass is 379 g/mol. The van der Waals surface area contributed by atoms with E-state index in [4.69, 9.17) is 4.74 Å². The zero-order valence-electron chi connectivity index (χ0n) is 13.7. The topological polar surface area (TPSA) is 67.0 Å². The molecule has 1 saturated carbocycles. The summed E-state index contributed by atoms with van der Waals surface area (Å²) < 4.78 is 6.09. The average Bonchev–Trinajstić information content (AvgIpc) is 3.00. The number of nitrogens with one attached hydrogen (secondary N) is 2. The van der Waals surface area contributed by atoms with Gasteiger partial charge in [-0.1, -0.05) is 35.2 Å². The van der Waals surface area contributed by atoms with E-state index >= 15 is 0 Å². The summed E-state index contributed by atoms with van der Waals surface area (Å²) in [7, 11) is 0. The number of hydrogen-bond donors (Lipinski definition) is 2. The van der Waals surface area contributed by atoms with Gasteiger partial charge in [0.15, 0.2) is 0 Å². The molecule has 0 radical (unpaired) electrons. The predicted molar refractivity (Wildman–Crippen MR) is 95.1 cm³/mol. The highest BCUT2D eigenvalue weighted by molar-refractivity contribution is 9.11. The lowest BCUT2D eigenvalue weighted by atomic mass is 10.2. The van der Waals surface area contributed by atoms with Gasteiger partial charge in [0.25, 0.3) is 0 Å². The Morgan fingerprint density at radius 1 is 1.43 bits per heavy atom. The summed E-state index contributed by atoms with van der Waals surface area (Å²) >= 11 is 3.26. The van der Waals surface area contributed by atoms with Crippen LogP contribution >= 0.6 is 15.9 Å². The zero-order valence-corrected chi connectivity index (χ0v) is 15.3. The Balaban J connectivity index is 2.06. The van der Waals surface area contributed by atoms with Crippen LogP contribution in [-0.2, 0) is 10.3 Å². The minimum Gasteiger partial charge on any atom is -0.444 e. The molecule has 0 unspecified atom stereocenters. The van der Waals surface area contributed by atoms with Crippen molar-refractivity contribution in [1.82, 2.24) is 15.3 Å². The normalized spacial score (nSPS) is 16.2. The van der Waals surface area contributed by atoms with E-state index in [-0.39, 0.29) is 0 Å². The van der Waals surface area contributed by atoms with Gasteiger partial charge in [-0.3, -0.25) is 0 Å². The summed E-state index contributed by atoms with van der Waals surface area (Å²) in [5.74, 6) is 0.727. The van der Waals surface area contributed by atoms with Crippen molar-refractivity contribution >= 4 is 27.6 Å². The number of ether oxygens (including phenoxy) is 1. The number of alkyl carbamates (subject to hydrolysis) is 1. The molecular weight excluding hydrogens is 358 g/mol. The van der Waals surface area contributed by atoms with Crippen molar-refractivity contribution in [3.8, 4) is 0 Å². The summed E-state index contributed by atoms with van der Waals surface area (Å²) in [6, 6.07) is 0. The first kappa shape index (κ1) is 17.5. The van der Waals surface area contributed by atoms with E-state index < -0.39 is 17.2 Å². The largest absolute Gasteiger partial charge is 0.444 e. The second kappa shape index (κ2) is 6.35. The second-order valence-electron chi connectivity index (χ2n) is 6.66. The van der Waals surface area contributed by atoms with E-state index in [0.717, 1.165) is 34.4 Å². The van der Waals surface area contributed by atoms with Crippen molar-refractivity contribution < 1.29 is 9.53 Å². The van der Waals surface area contributed by atoms with Gasteiger partial charge in [0, 0.05) is 4.48 Å². The fourth-order valence-electron chi connectivity index (χ4n) is 2.05. The summed E-state index contributed by atoms with van der Waals surface area (Å²) in [4.78, 5) is 19.6. The minimum atomic E-state index is -0.522. The summed E-state index contributed by atoms with van der Waals surface area (Å²) in [6.45, 7) is 13.2. The maximum absolute atomic E-state index is 12.0. The molecule has 1 aromatic rings. The van der Waals surface area contributed by atoms with Gasteiger partial charge in [-0.2, -0.15) is 0 Å². The number of aromatic amines is 1. The molecule has 1 aliphatic rings. The van der Waals surface area contributed by atoms with Crippen LogP contribution in [0.1, 0.15) is 45.1 Å². The molecule has 6 heteroatoms. The quantitative estimate of drug-likeness (QED) is 0.744. The Kier molecular flexibility index (Phi) is 4.84. The zero-order chi connectivity index (χ0) is 17.3. The second-order valence-corrected chi connectivity index (χ2v) is 7.68. The fourth-order valence-corrected chi connectivity index (χ4v) is 2.19. The number of imidazole rings is 1. The molecule has 0 aromatic carbocycles. The highest BCUT2D eigenvalue weighted by Crippen LogP contribution is 2.44. The summed E-state index contributed by atoms with van der Waals surface area (Å²) in [5.41, 5.74) is 0.620. The van der Waals surface area contributed by atoms with E-state index in [0.29, 0.717) is 0 Å². The third-order valence-electron chi connectivity index (χ3n) is 3.33. The van der Waals surface area contributed by atoms with Gasteiger partial charge in [-0.05, 0) is 45.3 Å². The molecule has 1 aromatic heterocycles. The van der Waals surface area contributed by atoms with E-state index in [9.17, 15) is 4.79 Å². The fraction of sp³-hybridized carbons (Fsp3) is 0.412. The van der Waals surface area contributed by atoms with Crippen LogP contribution in [0.2, 0.25) is 0 Å². The maximum Gasteiger partial charge on any atom is 0.408 e. The maximum atomic E-state index is 12.0. The van der Waals surface area contributed by atoms with Crippen LogP contribution in [0.5, 0.6) is 0 Å². The number of H-pyrrole nitrogens is 1. The van der Waals surface area contributed by atoms with Crippen LogP contribution in [-0.4, -0.2) is 21.7 Å². The number of halogens is 1. The third kappa shape index (κ3) is 4.82. The minimum absolute atomic E-state index is 0.428. The number of hydrogen-bond acceptors (Lipinski definition) is 3. The highest BCUT2D eigenvalue weighted by atomic mass is 79.9. The smallest absolute Gasteiger partial charge is 0.408 e. The van der Waals surface area contributed by atoms with Crippen molar-refractivity contribution in [3.63, 3.8) is 0 Å². The van der Waals surface area contributed by atoms with Crippen LogP contribution in [0.4, 0.5) is 4.79 Å². The van der Waals surface area contributed by atoms with Crippen LogP contribution < -0.4 is 5.32 Å². The first-order valence-electron chi connectivity index (χ1n) is 7.40. The lowest BCUT2D eigenvalue weighted by Gasteiger charge is -2.22. The first-order chi connectivity index (χ1) is 10.6. The Morgan fingerprint density at radius 2 is 2.09 bits per heavy atom. The third-order valence-corrected chi connectivity index (χ3v) is 3.59. The van der Waals surface area contributed by atoms with Crippen molar-refractivity contribution in [2.75, 3.05) is 0 Å². The average molecular weight is 380 g/mol. The SMILES string of the molecule is C=C(Br)/C=C\C(=C)c1cnc(C2(NC(=O)OC(C)(C)C)CC2)[nH]1. The standard InChI is InChI=1S/C17H22BrN3O2/c1-11(6-7-12(2)18)13-10-19-14(20-13)17(8-9-17)21-15(22)23-16(3,4)5/h6-7,10H,1-2,8-9H2,3-5H3,(H,19,20)(H,21,22)/b7-6-. The van der Waals surface area contributed by atoms with Crippen molar-refractivity contribution in [1.29, 1.82) is 0 Å². The number of carbonyl (C=O) groups excluding carboxylic acids is 1. The highest BCUT2D eigenvalue weighted by Gasteiger charge is 2.49. The summed E-state index contributed by atoms with van der Waals surface area (Å²) in [6.07, 6.45) is 6.61. The number of allylic oxidation sites excluding steroid dienone is 4. The van der Waals surface area contributed by atoms with E-state index in [1.807, 2.05) is 32.9 Å². The van der Waals surface area contributed by atoms with Crippen LogP contribution in [0, 0.1) is 0 Å². The molecule has 0 spiro atoms. The van der Waals surface area contributed by atoms with E-state index in [1.165, 1.54) is 0 Å². The lowest BCUT2D eigenvalue weighted by molar-refractivity contribution is 0.0492. The number of rotatable bonds is 5. The van der Waals surface area contributed by atoms with Crippen molar-refractivity contribution in [2.45, 2.75) is 44.8 Å². The number of nitrogens with zero attached hydrogens (tertiary/aromatic N) is 1. The summed E-state index contributed by atoms with van der Waals surface area (Å²) in [5, 5.41) is 2.92. The molecule has 2 N–H and O–H groups in total. The van der Waals surface area contributed by atoms with Gasteiger partial charge in [0.1, 0.15) is 17.0 Å². The molecule has 124 valence electrons.